The fraction of sp³-hybridized carbons (Fsp3) is 0.400. The van der Waals surface area contributed by atoms with Crippen molar-refractivity contribution in [1.82, 2.24) is 15.2 Å². The number of aryl methyl sites for hydroxylation is 1. The van der Waals surface area contributed by atoms with E-state index in [0.717, 1.165) is 5.56 Å². The minimum absolute atomic E-state index is 0.224. The van der Waals surface area contributed by atoms with Crippen molar-refractivity contribution in [3.05, 3.63) is 53.6 Å². The van der Waals surface area contributed by atoms with Crippen LogP contribution in [0.2, 0.25) is 0 Å². The summed E-state index contributed by atoms with van der Waals surface area (Å²) in [5.41, 5.74) is 1.02. The molecule has 1 amide bonds. The Hall–Kier alpha value is -2.51. The van der Waals surface area contributed by atoms with Crippen LogP contribution in [0.25, 0.3) is 0 Å². The maximum absolute atomic E-state index is 14.1. The maximum atomic E-state index is 14.1. The van der Waals surface area contributed by atoms with Gasteiger partial charge in [-0.1, -0.05) is 19.9 Å². The zero-order valence-corrected chi connectivity index (χ0v) is 16.2. The summed E-state index contributed by atoms with van der Waals surface area (Å²) in [6, 6.07) is 6.43. The van der Waals surface area contributed by atoms with Crippen molar-refractivity contribution in [2.24, 2.45) is 0 Å². The fourth-order valence-electron chi connectivity index (χ4n) is 2.97. The molecule has 0 radical (unpaired) electrons. The first-order valence-corrected chi connectivity index (χ1v) is 9.05. The number of pyridine rings is 1. The second-order valence-electron chi connectivity index (χ2n) is 6.45. The first-order chi connectivity index (χ1) is 12.9. The van der Waals surface area contributed by atoms with E-state index >= 15 is 0 Å². The average Bonchev–Trinajstić information content (AvgIpc) is 2.64. The van der Waals surface area contributed by atoms with Crippen LogP contribution in [0.4, 0.5) is 15.8 Å². The predicted octanol–water partition coefficient (Wildman–Crippen LogP) is 2.71. The molecule has 0 bridgehead atoms. The number of β-amino-alcohol motifs (C(OH)–C–C–N with tert-alkyl or cyclic N) is 1. The number of benzene rings is 1. The van der Waals surface area contributed by atoms with Crippen LogP contribution in [0.15, 0.2) is 36.7 Å². The number of aliphatic hydroxyl groups is 1. The summed E-state index contributed by atoms with van der Waals surface area (Å²) in [4.78, 5) is 18.3. The molecule has 1 saturated heterocycles. The lowest BCUT2D eigenvalue weighted by Gasteiger charge is -2.46. The minimum Gasteiger partial charge on any atom is -0.385 e. The van der Waals surface area contributed by atoms with Crippen LogP contribution in [-0.4, -0.2) is 53.2 Å². The molecule has 146 valence electrons. The van der Waals surface area contributed by atoms with Gasteiger partial charge >= 0.3 is 0 Å². The van der Waals surface area contributed by atoms with Gasteiger partial charge in [0.25, 0.3) is 5.91 Å². The van der Waals surface area contributed by atoms with Crippen molar-refractivity contribution in [3.63, 3.8) is 0 Å². The monoisotopic (exact) mass is 374 g/mol. The van der Waals surface area contributed by atoms with Crippen molar-refractivity contribution < 1.29 is 14.3 Å². The molecule has 0 aliphatic carbocycles. The zero-order chi connectivity index (χ0) is 20.0. The quantitative estimate of drug-likeness (QED) is 0.750. The molecule has 1 aromatic heterocycles. The third-order valence-electron chi connectivity index (χ3n) is 4.21. The third kappa shape index (κ3) is 4.81. The van der Waals surface area contributed by atoms with Crippen LogP contribution in [0.5, 0.6) is 0 Å². The van der Waals surface area contributed by atoms with Gasteiger partial charge in [0.1, 0.15) is 11.4 Å². The van der Waals surface area contributed by atoms with Gasteiger partial charge in [0, 0.05) is 12.7 Å². The number of amides is 1. The van der Waals surface area contributed by atoms with Crippen molar-refractivity contribution in [2.45, 2.75) is 26.4 Å². The second kappa shape index (κ2) is 8.92. The number of nitrogens with zero attached hydrogens (tertiary/aromatic N) is 2. The minimum atomic E-state index is -0.895. The Labute approximate surface area is 159 Å². The third-order valence-corrected chi connectivity index (χ3v) is 4.21. The van der Waals surface area contributed by atoms with Crippen molar-refractivity contribution >= 4 is 17.3 Å². The number of aromatic nitrogens is 1. The summed E-state index contributed by atoms with van der Waals surface area (Å²) in [6.07, 6.45) is 3.01. The molecule has 0 unspecified atom stereocenters. The van der Waals surface area contributed by atoms with Crippen LogP contribution in [-0.2, 0) is 0 Å². The fourth-order valence-corrected chi connectivity index (χ4v) is 2.97. The van der Waals surface area contributed by atoms with E-state index in [-0.39, 0.29) is 24.7 Å². The number of hydrogen-bond donors (Lipinski definition) is 3. The number of anilines is 2. The number of rotatable bonds is 5. The molecule has 3 rings (SSSR count). The van der Waals surface area contributed by atoms with E-state index in [2.05, 4.69) is 15.6 Å². The van der Waals surface area contributed by atoms with Gasteiger partial charge in [-0.15, -0.1) is 0 Å². The molecular weight excluding hydrogens is 347 g/mol. The van der Waals surface area contributed by atoms with Gasteiger partial charge in [0.05, 0.1) is 36.2 Å². The molecule has 0 atom stereocenters. The molecule has 3 N–H and O–H groups in total. The largest absolute Gasteiger partial charge is 0.385 e. The topological polar surface area (TPSA) is 77.5 Å². The highest BCUT2D eigenvalue weighted by molar-refractivity contribution is 6.00. The highest BCUT2D eigenvalue weighted by atomic mass is 19.1. The number of carbonyl (C=O) groups is 1. The summed E-state index contributed by atoms with van der Waals surface area (Å²) in [7, 11) is 1.75. The van der Waals surface area contributed by atoms with Crippen LogP contribution in [0, 0.1) is 12.7 Å². The van der Waals surface area contributed by atoms with Gasteiger partial charge in [-0.05, 0) is 37.7 Å². The molecule has 2 heterocycles. The number of nitrogens with one attached hydrogen (secondary N) is 2. The van der Waals surface area contributed by atoms with Crippen molar-refractivity contribution in [2.75, 3.05) is 32.0 Å². The number of likely N-dealkylation sites (N-methyl/N-ethyl adjacent to an activating group) is 1. The van der Waals surface area contributed by atoms with Crippen LogP contribution in [0.1, 0.15) is 29.8 Å². The van der Waals surface area contributed by atoms with Crippen LogP contribution < -0.4 is 10.6 Å². The van der Waals surface area contributed by atoms with Crippen molar-refractivity contribution in [3.8, 4) is 0 Å². The highest BCUT2D eigenvalue weighted by Crippen LogP contribution is 2.27. The zero-order valence-electron chi connectivity index (χ0n) is 16.2. The maximum Gasteiger partial charge on any atom is 0.256 e. The number of likely N-dealkylation sites (tertiary alicyclic amines) is 1. The molecule has 1 aliphatic heterocycles. The summed E-state index contributed by atoms with van der Waals surface area (Å²) in [5.74, 6) is -0.618. The van der Waals surface area contributed by atoms with Gasteiger partial charge in [0.2, 0.25) is 0 Å². The van der Waals surface area contributed by atoms with Crippen molar-refractivity contribution in [1.29, 1.82) is 0 Å². The van der Waals surface area contributed by atoms with E-state index in [0.29, 0.717) is 17.8 Å². The lowest BCUT2D eigenvalue weighted by molar-refractivity contribution is -0.0775. The number of carbonyl (C=O) groups excluding carboxylic acids is 1. The lowest BCUT2D eigenvalue weighted by atomic mass is 9.93. The Morgan fingerprint density at radius 3 is 2.63 bits per heavy atom. The Kier molecular flexibility index (Phi) is 6.87. The van der Waals surface area contributed by atoms with Gasteiger partial charge < -0.3 is 20.6 Å². The highest BCUT2D eigenvalue weighted by Gasteiger charge is 2.43. The summed E-state index contributed by atoms with van der Waals surface area (Å²) in [5, 5.41) is 16.1. The van der Waals surface area contributed by atoms with E-state index in [1.165, 1.54) is 18.5 Å². The first-order valence-electron chi connectivity index (χ1n) is 9.05. The standard InChI is InChI=1S/C18H21FN4O2.C2H6/c1-12-3-4-15(14(19)7-12)22-16-8-21-6-5-13(16)17(24)23-10-18(25,11-23)9-20-2;1-2/h3-8,20,22,25H,9-11H2,1-2H3;1-2H3. The molecule has 2 aromatic rings. The van der Waals surface area contributed by atoms with E-state index in [4.69, 9.17) is 0 Å². The molecule has 1 aliphatic rings. The summed E-state index contributed by atoms with van der Waals surface area (Å²) < 4.78 is 14.1. The van der Waals surface area contributed by atoms with E-state index < -0.39 is 11.4 Å². The van der Waals surface area contributed by atoms with Crippen LogP contribution in [0.3, 0.4) is 0 Å². The molecule has 7 heteroatoms. The van der Waals surface area contributed by atoms with Gasteiger partial charge in [-0.2, -0.15) is 0 Å². The molecule has 0 saturated carbocycles. The second-order valence-corrected chi connectivity index (χ2v) is 6.45. The summed E-state index contributed by atoms with van der Waals surface area (Å²) in [6.45, 7) is 6.75. The van der Waals surface area contributed by atoms with Gasteiger partial charge in [-0.25, -0.2) is 4.39 Å². The molecule has 1 fully saturated rings. The molecule has 27 heavy (non-hydrogen) atoms. The Morgan fingerprint density at radius 2 is 2.00 bits per heavy atom. The molecule has 0 spiro atoms. The van der Waals surface area contributed by atoms with E-state index in [9.17, 15) is 14.3 Å². The Bertz CT molecular complexity index is 791. The summed E-state index contributed by atoms with van der Waals surface area (Å²) >= 11 is 0. The predicted molar refractivity (Wildman–Crippen MR) is 105 cm³/mol. The molecule has 1 aromatic carbocycles. The lowest BCUT2D eigenvalue weighted by Crippen LogP contribution is -2.67. The molecular formula is C20H27FN4O2. The smallest absolute Gasteiger partial charge is 0.256 e. The Morgan fingerprint density at radius 1 is 1.30 bits per heavy atom. The normalized spacial score (nSPS) is 14.7. The van der Waals surface area contributed by atoms with Gasteiger partial charge in [-0.3, -0.25) is 9.78 Å². The number of hydrogen-bond acceptors (Lipinski definition) is 5. The van der Waals surface area contributed by atoms with E-state index in [1.54, 1.807) is 30.1 Å². The Balaban J connectivity index is 0.00000126. The van der Waals surface area contributed by atoms with Gasteiger partial charge in [0.15, 0.2) is 0 Å². The molecule has 6 nitrogen and oxygen atoms in total. The van der Waals surface area contributed by atoms with E-state index in [1.807, 2.05) is 20.8 Å². The SMILES string of the molecule is CC.CNCC1(O)CN(C(=O)c2ccncc2Nc2ccc(C)cc2F)C1. The van der Waals surface area contributed by atoms with Crippen LogP contribution >= 0.6 is 0 Å². The average molecular weight is 374 g/mol. The first kappa shape index (κ1) is 20.8. The number of halogens is 1.